The van der Waals surface area contributed by atoms with Crippen LogP contribution >= 0.6 is 0 Å². The van der Waals surface area contributed by atoms with Crippen molar-refractivity contribution in [2.24, 2.45) is 0 Å². The number of hydrogen-bond acceptors (Lipinski definition) is 4. The third-order valence-electron chi connectivity index (χ3n) is 2.94. The normalized spacial score (nSPS) is 17.1. The van der Waals surface area contributed by atoms with Crippen LogP contribution in [0.25, 0.3) is 0 Å². The molecular weight excluding hydrogens is 260 g/mol. The molecule has 0 amide bonds. The van der Waals surface area contributed by atoms with Crippen molar-refractivity contribution in [3.8, 4) is 0 Å². The molecule has 0 aliphatic carbocycles. The van der Waals surface area contributed by atoms with Crippen molar-refractivity contribution in [3.63, 3.8) is 0 Å². The Bertz CT molecular complexity index is 543. The van der Waals surface area contributed by atoms with Gasteiger partial charge in [-0.1, -0.05) is 6.07 Å². The Hall–Kier alpha value is -0.955. The van der Waals surface area contributed by atoms with Crippen molar-refractivity contribution in [1.82, 2.24) is 4.31 Å². The lowest BCUT2D eigenvalue weighted by Gasteiger charge is -2.16. The molecule has 2 N–H and O–H groups in total. The van der Waals surface area contributed by atoms with E-state index in [2.05, 4.69) is 0 Å². The Kier molecular flexibility index (Phi) is 3.72. The molecule has 1 fully saturated rings. The molecule has 98 valence electrons. The summed E-state index contributed by atoms with van der Waals surface area (Å²) in [5.74, 6) is -0.883. The molecule has 1 heterocycles. The van der Waals surface area contributed by atoms with Gasteiger partial charge < -0.3 is 10.0 Å². The Labute approximate surface area is 105 Å². The summed E-state index contributed by atoms with van der Waals surface area (Å²) in [6.07, 6.45) is 1.51. The summed E-state index contributed by atoms with van der Waals surface area (Å²) < 4.78 is 39.1. The van der Waals surface area contributed by atoms with Gasteiger partial charge in [-0.2, -0.15) is 4.31 Å². The number of rotatable bonds is 3. The summed E-state index contributed by atoms with van der Waals surface area (Å²) in [5, 5.41) is 18.0. The first-order chi connectivity index (χ1) is 8.43. The van der Waals surface area contributed by atoms with E-state index in [1.165, 1.54) is 4.31 Å². The average Bonchev–Trinajstić information content (AvgIpc) is 2.82. The summed E-state index contributed by atoms with van der Waals surface area (Å²) in [6.45, 7) is 0.737. The van der Waals surface area contributed by atoms with E-state index in [9.17, 15) is 12.8 Å². The van der Waals surface area contributed by atoms with Crippen LogP contribution in [0.3, 0.4) is 0 Å². The predicted molar refractivity (Wildman–Crippen MR) is 64.2 cm³/mol. The summed E-state index contributed by atoms with van der Waals surface area (Å²) in [6, 6.07) is 3.04. The number of nitrogens with zero attached hydrogens (tertiary/aromatic N) is 1. The van der Waals surface area contributed by atoms with Crippen LogP contribution in [-0.2, 0) is 10.0 Å². The molecule has 1 aliphatic rings. The third-order valence-corrected chi connectivity index (χ3v) is 4.85. The summed E-state index contributed by atoms with van der Waals surface area (Å²) >= 11 is 0. The largest absolute Gasteiger partial charge is 0.488 e. The van der Waals surface area contributed by atoms with Crippen LogP contribution in [0, 0.1) is 5.82 Å². The number of hydrogen-bond donors (Lipinski definition) is 2. The van der Waals surface area contributed by atoms with Crippen molar-refractivity contribution in [2.45, 2.75) is 17.7 Å². The zero-order chi connectivity index (χ0) is 13.3. The Morgan fingerprint density at radius 1 is 1.22 bits per heavy atom. The van der Waals surface area contributed by atoms with E-state index in [0.29, 0.717) is 13.1 Å². The van der Waals surface area contributed by atoms with Crippen molar-refractivity contribution in [3.05, 3.63) is 24.0 Å². The van der Waals surface area contributed by atoms with E-state index in [0.717, 1.165) is 31.0 Å². The van der Waals surface area contributed by atoms with Crippen molar-refractivity contribution in [1.29, 1.82) is 0 Å². The first kappa shape index (κ1) is 13.5. The predicted octanol–water partition coefficient (Wildman–Crippen LogP) is -0.710. The first-order valence-corrected chi connectivity index (χ1v) is 7.02. The fourth-order valence-corrected chi connectivity index (χ4v) is 3.56. The number of benzene rings is 1. The standard InChI is InChI=1S/C10H13BFNO4S/c12-9-4-3-8(11(14)15)7-10(9)18(16,17)13-5-1-2-6-13/h3-4,7,14-15H,1-2,5-6H2. The maximum atomic E-state index is 13.6. The highest BCUT2D eigenvalue weighted by atomic mass is 32.2. The maximum Gasteiger partial charge on any atom is 0.488 e. The summed E-state index contributed by atoms with van der Waals surface area (Å²) in [4.78, 5) is -0.505. The van der Waals surface area contributed by atoms with Gasteiger partial charge >= 0.3 is 7.12 Å². The minimum absolute atomic E-state index is 0.0471. The highest BCUT2D eigenvalue weighted by Gasteiger charge is 2.30. The zero-order valence-electron chi connectivity index (χ0n) is 9.58. The smallest absolute Gasteiger partial charge is 0.423 e. The molecule has 5 nitrogen and oxygen atoms in total. The SMILES string of the molecule is O=S(=O)(c1cc(B(O)O)ccc1F)N1CCCC1. The number of sulfonamides is 1. The molecule has 0 radical (unpaired) electrons. The minimum atomic E-state index is -3.89. The molecule has 2 rings (SSSR count). The van der Waals surface area contributed by atoms with E-state index in [1.54, 1.807) is 0 Å². The van der Waals surface area contributed by atoms with Gasteiger partial charge in [0.15, 0.2) is 0 Å². The van der Waals surface area contributed by atoms with Gasteiger partial charge in [0.1, 0.15) is 10.7 Å². The van der Waals surface area contributed by atoms with E-state index in [4.69, 9.17) is 10.0 Å². The molecule has 0 aromatic heterocycles. The van der Waals surface area contributed by atoms with Gasteiger partial charge in [-0.25, -0.2) is 12.8 Å². The van der Waals surface area contributed by atoms with Gasteiger partial charge in [-0.3, -0.25) is 0 Å². The summed E-state index contributed by atoms with van der Waals surface area (Å²) in [5.41, 5.74) is -0.0471. The molecule has 18 heavy (non-hydrogen) atoms. The van der Waals surface area contributed by atoms with Crippen LogP contribution < -0.4 is 5.46 Å². The number of halogens is 1. The second-order valence-corrected chi connectivity index (χ2v) is 6.08. The van der Waals surface area contributed by atoms with Crippen molar-refractivity contribution < 1.29 is 22.9 Å². The lowest BCUT2D eigenvalue weighted by atomic mass is 9.80. The maximum absolute atomic E-state index is 13.6. The van der Waals surface area contributed by atoms with Gasteiger partial charge in [-0.15, -0.1) is 0 Å². The molecule has 1 aromatic rings. The van der Waals surface area contributed by atoms with E-state index < -0.39 is 27.9 Å². The second kappa shape index (κ2) is 4.97. The van der Waals surface area contributed by atoms with E-state index >= 15 is 0 Å². The van der Waals surface area contributed by atoms with Crippen LogP contribution in [-0.4, -0.2) is 43.0 Å². The van der Waals surface area contributed by atoms with Gasteiger partial charge in [0.05, 0.1) is 0 Å². The second-order valence-electron chi connectivity index (χ2n) is 4.17. The summed E-state index contributed by atoms with van der Waals surface area (Å²) in [7, 11) is -5.71. The fraction of sp³-hybridized carbons (Fsp3) is 0.400. The van der Waals surface area contributed by atoms with E-state index in [-0.39, 0.29) is 5.46 Å². The highest BCUT2D eigenvalue weighted by Crippen LogP contribution is 2.22. The molecule has 0 atom stereocenters. The van der Waals surface area contributed by atoms with Crippen molar-refractivity contribution in [2.75, 3.05) is 13.1 Å². The Balaban J connectivity index is 2.46. The minimum Gasteiger partial charge on any atom is -0.423 e. The molecule has 0 saturated carbocycles. The Morgan fingerprint density at radius 3 is 2.39 bits per heavy atom. The van der Waals surface area contributed by atoms with Crippen LogP contribution in [0.4, 0.5) is 4.39 Å². The van der Waals surface area contributed by atoms with E-state index in [1.807, 2.05) is 0 Å². The molecule has 1 aliphatic heterocycles. The van der Waals surface area contributed by atoms with Gasteiger partial charge in [-0.05, 0) is 30.4 Å². The van der Waals surface area contributed by atoms with Crippen LogP contribution in [0.2, 0.25) is 0 Å². The molecule has 0 spiro atoms. The van der Waals surface area contributed by atoms with Crippen molar-refractivity contribution >= 4 is 22.6 Å². The topological polar surface area (TPSA) is 77.8 Å². The van der Waals surface area contributed by atoms with Gasteiger partial charge in [0.2, 0.25) is 10.0 Å². The third kappa shape index (κ3) is 2.42. The molecule has 8 heteroatoms. The van der Waals surface area contributed by atoms with Gasteiger partial charge in [0, 0.05) is 13.1 Å². The van der Waals surface area contributed by atoms with Gasteiger partial charge in [0.25, 0.3) is 0 Å². The lowest BCUT2D eigenvalue weighted by Crippen LogP contribution is -2.33. The monoisotopic (exact) mass is 273 g/mol. The van der Waals surface area contributed by atoms with Crippen LogP contribution in [0.15, 0.2) is 23.1 Å². The Morgan fingerprint density at radius 2 is 1.83 bits per heavy atom. The zero-order valence-corrected chi connectivity index (χ0v) is 10.4. The van der Waals surface area contributed by atoms with Crippen LogP contribution in [0.5, 0.6) is 0 Å². The molecular formula is C10H13BFNO4S. The fourth-order valence-electron chi connectivity index (χ4n) is 1.95. The lowest BCUT2D eigenvalue weighted by molar-refractivity contribution is 0.425. The molecule has 0 bridgehead atoms. The molecule has 1 saturated heterocycles. The first-order valence-electron chi connectivity index (χ1n) is 5.58. The molecule has 1 aromatic carbocycles. The molecule has 0 unspecified atom stereocenters. The highest BCUT2D eigenvalue weighted by molar-refractivity contribution is 7.89. The average molecular weight is 273 g/mol. The van der Waals surface area contributed by atoms with Crippen LogP contribution in [0.1, 0.15) is 12.8 Å². The quantitative estimate of drug-likeness (QED) is 0.713.